The van der Waals surface area contributed by atoms with Gasteiger partial charge < -0.3 is 11.1 Å². The van der Waals surface area contributed by atoms with Crippen molar-refractivity contribution in [2.75, 3.05) is 5.32 Å². The summed E-state index contributed by atoms with van der Waals surface area (Å²) in [4.78, 5) is 34.3. The van der Waals surface area contributed by atoms with Crippen molar-refractivity contribution in [1.29, 1.82) is 0 Å². The van der Waals surface area contributed by atoms with Crippen LogP contribution in [-0.4, -0.2) is 31.6 Å². The van der Waals surface area contributed by atoms with Crippen LogP contribution in [0.25, 0.3) is 32.4 Å². The van der Waals surface area contributed by atoms with E-state index >= 15 is 0 Å². The topological polar surface area (TPSA) is 116 Å². The van der Waals surface area contributed by atoms with E-state index in [2.05, 4.69) is 15.4 Å². The number of hydrogen-bond donors (Lipinski definition) is 2. The maximum atomic E-state index is 13.7. The Morgan fingerprint density at radius 2 is 1.79 bits per heavy atom. The molecule has 0 spiro atoms. The molecule has 2 amide bonds. The maximum Gasteiger partial charge on any atom is 0.433 e. The summed E-state index contributed by atoms with van der Waals surface area (Å²) in [6, 6.07) is 9.60. The number of para-hydroxylation sites is 1. The van der Waals surface area contributed by atoms with Gasteiger partial charge in [0.05, 0.1) is 28.2 Å². The minimum absolute atomic E-state index is 0.0254. The molecule has 0 aliphatic carbocycles. The third-order valence-electron chi connectivity index (χ3n) is 6.34. The van der Waals surface area contributed by atoms with E-state index in [1.54, 1.807) is 35.0 Å². The van der Waals surface area contributed by atoms with Gasteiger partial charge in [-0.3, -0.25) is 14.3 Å². The van der Waals surface area contributed by atoms with Crippen LogP contribution in [0, 0.1) is 20.8 Å². The Morgan fingerprint density at radius 3 is 2.42 bits per heavy atom. The van der Waals surface area contributed by atoms with Crippen LogP contribution in [0.15, 0.2) is 36.4 Å². The molecular formula is C26H21F3N6O2S. The van der Waals surface area contributed by atoms with E-state index < -0.39 is 23.7 Å². The lowest BCUT2D eigenvalue weighted by atomic mass is 10.0. The third kappa shape index (κ3) is 4.16. The minimum Gasteiger partial charge on any atom is -0.365 e. The monoisotopic (exact) mass is 538 g/mol. The van der Waals surface area contributed by atoms with Crippen molar-refractivity contribution in [2.24, 2.45) is 12.8 Å². The van der Waals surface area contributed by atoms with Crippen LogP contribution < -0.4 is 11.1 Å². The van der Waals surface area contributed by atoms with E-state index in [9.17, 15) is 22.8 Å². The second-order valence-corrected chi connectivity index (χ2v) is 9.87. The number of nitrogens with two attached hydrogens (primary N) is 1. The highest BCUT2D eigenvalue weighted by atomic mass is 32.1. The molecule has 0 saturated carbocycles. The van der Waals surface area contributed by atoms with Gasteiger partial charge in [-0.2, -0.15) is 18.3 Å². The van der Waals surface area contributed by atoms with Gasteiger partial charge in [-0.25, -0.2) is 9.97 Å². The van der Waals surface area contributed by atoms with Crippen LogP contribution >= 0.6 is 11.3 Å². The van der Waals surface area contributed by atoms with Crippen molar-refractivity contribution in [1.82, 2.24) is 19.7 Å². The summed E-state index contributed by atoms with van der Waals surface area (Å²) < 4.78 is 41.8. The number of nitrogens with zero attached hydrogens (tertiary/aromatic N) is 4. The number of thiophene rings is 1. The number of alkyl halides is 3. The number of halogens is 3. The lowest BCUT2D eigenvalue weighted by Crippen LogP contribution is -2.17. The summed E-state index contributed by atoms with van der Waals surface area (Å²) in [6.07, 6.45) is -4.67. The molecule has 0 atom stereocenters. The molecule has 0 aliphatic heterocycles. The molecular weight excluding hydrogens is 517 g/mol. The zero-order valence-corrected chi connectivity index (χ0v) is 21.5. The molecule has 12 heteroatoms. The van der Waals surface area contributed by atoms with E-state index in [1.807, 2.05) is 20.9 Å². The SMILES string of the molecule is Cc1nn(C)c(C)c1-c1cc(C(=O)Nc2c(C(N)=O)sc3nc(C(F)(F)F)cc(C)c23)c2ccccc2n1. The number of benzene rings is 1. The number of pyridine rings is 2. The summed E-state index contributed by atoms with van der Waals surface area (Å²) in [5, 5.41) is 7.96. The highest BCUT2D eigenvalue weighted by Crippen LogP contribution is 2.40. The summed E-state index contributed by atoms with van der Waals surface area (Å²) in [7, 11) is 1.81. The fraction of sp³-hybridized carbons (Fsp3) is 0.192. The number of aryl methyl sites for hydroxylation is 3. The van der Waals surface area contributed by atoms with Crippen molar-refractivity contribution in [3.05, 3.63) is 69.5 Å². The Bertz CT molecular complexity index is 1790. The Morgan fingerprint density at radius 1 is 1.08 bits per heavy atom. The van der Waals surface area contributed by atoms with Crippen molar-refractivity contribution >= 4 is 50.0 Å². The predicted octanol–water partition coefficient (Wildman–Crippen LogP) is 5.54. The van der Waals surface area contributed by atoms with Crippen LogP contribution in [0.4, 0.5) is 18.9 Å². The highest BCUT2D eigenvalue weighted by Gasteiger charge is 2.34. The Labute approximate surface area is 218 Å². The van der Waals surface area contributed by atoms with E-state index in [1.165, 1.54) is 6.92 Å². The third-order valence-corrected chi connectivity index (χ3v) is 7.44. The van der Waals surface area contributed by atoms with Gasteiger partial charge in [-0.1, -0.05) is 18.2 Å². The van der Waals surface area contributed by atoms with Gasteiger partial charge in [0.25, 0.3) is 11.8 Å². The van der Waals surface area contributed by atoms with E-state index in [4.69, 9.17) is 10.7 Å². The molecule has 0 radical (unpaired) electrons. The maximum absolute atomic E-state index is 13.7. The number of nitrogens with one attached hydrogen (secondary N) is 1. The summed E-state index contributed by atoms with van der Waals surface area (Å²) in [5.74, 6) is -1.47. The number of carbonyl (C=O) groups is 2. The first kappa shape index (κ1) is 25.3. The number of hydrogen-bond acceptors (Lipinski definition) is 6. The second-order valence-electron chi connectivity index (χ2n) is 8.87. The van der Waals surface area contributed by atoms with Crippen LogP contribution in [0.3, 0.4) is 0 Å². The first-order chi connectivity index (χ1) is 17.9. The first-order valence-corrected chi connectivity index (χ1v) is 12.2. The van der Waals surface area contributed by atoms with Crippen molar-refractivity contribution in [3.63, 3.8) is 0 Å². The quantitative estimate of drug-likeness (QED) is 0.312. The van der Waals surface area contributed by atoms with Gasteiger partial charge in [0.15, 0.2) is 0 Å². The minimum atomic E-state index is -4.67. The van der Waals surface area contributed by atoms with E-state index in [-0.39, 0.29) is 31.9 Å². The average Bonchev–Trinajstić information content (AvgIpc) is 3.34. The van der Waals surface area contributed by atoms with Crippen LogP contribution in [-0.2, 0) is 13.2 Å². The number of fused-ring (bicyclic) bond motifs is 2. The molecule has 5 rings (SSSR count). The lowest BCUT2D eigenvalue weighted by Gasteiger charge is -2.12. The molecule has 38 heavy (non-hydrogen) atoms. The Balaban J connectivity index is 1.68. The number of anilines is 1. The number of rotatable bonds is 4. The fourth-order valence-electron chi connectivity index (χ4n) is 4.54. The zero-order valence-electron chi connectivity index (χ0n) is 20.7. The Kier molecular flexibility index (Phi) is 5.94. The standard InChI is InChI=1S/C26H21F3N6O2S/c1-11-9-18(26(27,28)29)32-25-19(11)21(22(38-25)23(30)36)33-24(37)15-10-17(20-12(2)34-35(4)13(20)3)31-16-8-6-5-7-14(15)16/h5-10H,1-4H3,(H2,30,36)(H,33,37). The smallest absolute Gasteiger partial charge is 0.365 e. The molecule has 0 fully saturated rings. The normalized spacial score (nSPS) is 11.9. The molecule has 0 aliphatic rings. The van der Waals surface area contributed by atoms with Crippen LogP contribution in [0.5, 0.6) is 0 Å². The molecule has 0 saturated heterocycles. The summed E-state index contributed by atoms with van der Waals surface area (Å²) in [6.45, 7) is 5.20. The van der Waals surface area contributed by atoms with E-state index in [0.717, 1.165) is 23.0 Å². The highest BCUT2D eigenvalue weighted by molar-refractivity contribution is 7.21. The van der Waals surface area contributed by atoms with Crippen molar-refractivity contribution in [3.8, 4) is 11.3 Å². The van der Waals surface area contributed by atoms with Gasteiger partial charge in [0.1, 0.15) is 15.4 Å². The molecule has 4 heterocycles. The lowest BCUT2D eigenvalue weighted by molar-refractivity contribution is -0.141. The number of aromatic nitrogens is 4. The van der Waals surface area contributed by atoms with Gasteiger partial charge in [0.2, 0.25) is 0 Å². The van der Waals surface area contributed by atoms with Crippen molar-refractivity contribution < 1.29 is 22.8 Å². The summed E-state index contributed by atoms with van der Waals surface area (Å²) in [5.41, 5.74) is 8.42. The zero-order chi connectivity index (χ0) is 27.5. The molecule has 3 N–H and O–H groups in total. The molecule has 0 unspecified atom stereocenters. The number of primary amides is 1. The van der Waals surface area contributed by atoms with E-state index in [0.29, 0.717) is 27.9 Å². The molecule has 194 valence electrons. The van der Waals surface area contributed by atoms with Gasteiger partial charge in [0, 0.05) is 29.1 Å². The molecule has 1 aromatic carbocycles. The van der Waals surface area contributed by atoms with Gasteiger partial charge in [-0.15, -0.1) is 11.3 Å². The fourth-order valence-corrected chi connectivity index (χ4v) is 5.60. The average molecular weight is 539 g/mol. The largest absolute Gasteiger partial charge is 0.433 e. The van der Waals surface area contributed by atoms with Crippen LogP contribution in [0.1, 0.15) is 42.7 Å². The first-order valence-electron chi connectivity index (χ1n) is 11.4. The molecule has 0 bridgehead atoms. The summed E-state index contributed by atoms with van der Waals surface area (Å²) >= 11 is 0.700. The number of amides is 2. The Hall–Kier alpha value is -4.32. The molecule has 4 aromatic heterocycles. The predicted molar refractivity (Wildman–Crippen MR) is 139 cm³/mol. The van der Waals surface area contributed by atoms with Gasteiger partial charge >= 0.3 is 6.18 Å². The van der Waals surface area contributed by atoms with Gasteiger partial charge in [-0.05, 0) is 44.5 Å². The molecule has 5 aromatic rings. The van der Waals surface area contributed by atoms with Crippen LogP contribution in [0.2, 0.25) is 0 Å². The number of carbonyl (C=O) groups excluding carboxylic acids is 2. The van der Waals surface area contributed by atoms with Crippen molar-refractivity contribution in [2.45, 2.75) is 26.9 Å². The molecule has 8 nitrogen and oxygen atoms in total. The second kappa shape index (κ2) is 8.91.